The molecule has 0 fully saturated rings. The third-order valence-corrected chi connectivity index (χ3v) is 1.90. The van der Waals surface area contributed by atoms with Crippen LogP contribution in [0.2, 0.25) is 0 Å². The second kappa shape index (κ2) is 7.29. The van der Waals surface area contributed by atoms with Crippen LogP contribution in [0.4, 0.5) is 5.82 Å². The smallest absolute Gasteiger partial charge is 0.175 e. The van der Waals surface area contributed by atoms with Crippen molar-refractivity contribution in [3.8, 4) is 0 Å². The average Bonchev–Trinajstić information content (AvgIpc) is 2.53. The number of aromatic amines is 1. The number of aromatic nitrogens is 2. The molecule has 0 amide bonds. The molecule has 15 heavy (non-hydrogen) atoms. The van der Waals surface area contributed by atoms with Crippen molar-refractivity contribution in [1.29, 1.82) is 0 Å². The summed E-state index contributed by atoms with van der Waals surface area (Å²) in [6, 6.07) is 1.95. The van der Waals surface area contributed by atoms with Crippen molar-refractivity contribution in [2.24, 2.45) is 10.7 Å². The molecule has 4 nitrogen and oxygen atoms in total. The first-order chi connectivity index (χ1) is 6.76. The minimum absolute atomic E-state index is 0. The van der Waals surface area contributed by atoms with Crippen LogP contribution in [0.25, 0.3) is 0 Å². The fourth-order valence-corrected chi connectivity index (χ4v) is 1.26. The van der Waals surface area contributed by atoms with Crippen LogP contribution in [0.5, 0.6) is 0 Å². The third-order valence-electron chi connectivity index (χ3n) is 1.90. The van der Waals surface area contributed by atoms with Crippen LogP contribution in [0.1, 0.15) is 38.8 Å². The number of nitrogens with zero attached hydrogens (tertiary/aromatic N) is 2. The van der Waals surface area contributed by atoms with Gasteiger partial charge in [-0.2, -0.15) is 5.10 Å². The molecule has 0 aromatic carbocycles. The van der Waals surface area contributed by atoms with Crippen LogP contribution >= 0.6 is 12.4 Å². The van der Waals surface area contributed by atoms with E-state index in [1.54, 1.807) is 0 Å². The van der Waals surface area contributed by atoms with Crippen molar-refractivity contribution in [3.63, 3.8) is 0 Å². The Morgan fingerprint density at radius 1 is 1.47 bits per heavy atom. The van der Waals surface area contributed by atoms with Gasteiger partial charge in [0.2, 0.25) is 0 Å². The van der Waals surface area contributed by atoms with E-state index in [0.717, 1.165) is 31.4 Å². The number of aliphatic imine (C=N–C) groups is 1. The third kappa shape index (κ3) is 4.83. The van der Waals surface area contributed by atoms with Crippen molar-refractivity contribution in [1.82, 2.24) is 10.2 Å². The van der Waals surface area contributed by atoms with Gasteiger partial charge in [0.25, 0.3) is 0 Å². The number of H-pyrrole nitrogens is 1. The molecule has 0 bridgehead atoms. The first kappa shape index (κ1) is 14.0. The summed E-state index contributed by atoms with van der Waals surface area (Å²) in [4.78, 5) is 4.20. The summed E-state index contributed by atoms with van der Waals surface area (Å²) in [5.74, 6) is 1.35. The summed E-state index contributed by atoms with van der Waals surface area (Å²) in [6.07, 6.45) is 3.96. The molecular formula is C10H19ClN4. The Balaban J connectivity index is 0.00000196. The minimum Gasteiger partial charge on any atom is -0.387 e. The Morgan fingerprint density at radius 3 is 2.80 bits per heavy atom. The van der Waals surface area contributed by atoms with E-state index < -0.39 is 0 Å². The largest absolute Gasteiger partial charge is 0.387 e. The van der Waals surface area contributed by atoms with Crippen molar-refractivity contribution in [2.45, 2.75) is 39.5 Å². The molecule has 86 valence electrons. The Bertz CT molecular complexity index is 306. The Hall–Kier alpha value is -1.03. The fraction of sp³-hybridized carbons (Fsp3) is 0.600. The number of nitrogens with two attached hydrogens (primary N) is 1. The highest BCUT2D eigenvalue weighted by atomic mass is 35.5. The van der Waals surface area contributed by atoms with Crippen LogP contribution in [-0.2, 0) is 6.42 Å². The molecule has 1 heterocycles. The molecule has 3 N–H and O–H groups in total. The lowest BCUT2D eigenvalue weighted by Gasteiger charge is -1.93. The molecule has 1 aromatic rings. The van der Waals surface area contributed by atoms with Gasteiger partial charge < -0.3 is 5.73 Å². The highest BCUT2D eigenvalue weighted by Crippen LogP contribution is 2.11. The Kier molecular flexibility index (Phi) is 6.79. The molecule has 0 unspecified atom stereocenters. The van der Waals surface area contributed by atoms with Gasteiger partial charge in [0.05, 0.1) is 0 Å². The molecule has 0 saturated heterocycles. The number of amidine groups is 1. The van der Waals surface area contributed by atoms with E-state index in [2.05, 4.69) is 29.0 Å². The van der Waals surface area contributed by atoms with Gasteiger partial charge in [-0.15, -0.1) is 12.4 Å². The molecule has 0 aliphatic heterocycles. The van der Waals surface area contributed by atoms with E-state index in [0.29, 0.717) is 11.7 Å². The van der Waals surface area contributed by atoms with Gasteiger partial charge in [-0.05, 0) is 12.8 Å². The van der Waals surface area contributed by atoms with Crippen molar-refractivity contribution < 1.29 is 0 Å². The first-order valence-corrected chi connectivity index (χ1v) is 5.13. The van der Waals surface area contributed by atoms with Crippen LogP contribution < -0.4 is 5.73 Å². The molecule has 1 rings (SSSR count). The minimum atomic E-state index is 0. The lowest BCUT2D eigenvalue weighted by Crippen LogP contribution is -2.09. The van der Waals surface area contributed by atoms with Gasteiger partial charge >= 0.3 is 0 Å². The highest BCUT2D eigenvalue weighted by Gasteiger charge is 1.99. The number of aryl methyl sites for hydroxylation is 1. The van der Waals surface area contributed by atoms with E-state index in [1.807, 2.05) is 6.07 Å². The molecule has 0 saturated carbocycles. The average molecular weight is 231 g/mol. The van der Waals surface area contributed by atoms with Gasteiger partial charge in [0.1, 0.15) is 5.84 Å². The molecule has 0 atom stereocenters. The summed E-state index contributed by atoms with van der Waals surface area (Å²) in [5.41, 5.74) is 6.82. The quantitative estimate of drug-likeness (QED) is 0.603. The van der Waals surface area contributed by atoms with Crippen molar-refractivity contribution in [3.05, 3.63) is 11.8 Å². The first-order valence-electron chi connectivity index (χ1n) is 5.13. The topological polar surface area (TPSA) is 67.1 Å². The summed E-state index contributed by atoms with van der Waals surface area (Å²) in [6.45, 7) is 4.21. The number of rotatable bonds is 5. The van der Waals surface area contributed by atoms with Crippen molar-refractivity contribution in [2.75, 3.05) is 0 Å². The predicted molar refractivity (Wildman–Crippen MR) is 66.0 cm³/mol. The second-order valence-electron chi connectivity index (χ2n) is 3.35. The molecular weight excluding hydrogens is 212 g/mol. The molecule has 0 spiro atoms. The van der Waals surface area contributed by atoms with E-state index in [4.69, 9.17) is 5.73 Å². The number of hydrogen-bond donors (Lipinski definition) is 2. The maximum absolute atomic E-state index is 5.70. The van der Waals surface area contributed by atoms with Crippen LogP contribution in [0.15, 0.2) is 11.1 Å². The second-order valence-corrected chi connectivity index (χ2v) is 3.35. The van der Waals surface area contributed by atoms with Gasteiger partial charge in [-0.1, -0.05) is 20.3 Å². The zero-order valence-corrected chi connectivity index (χ0v) is 10.1. The summed E-state index contributed by atoms with van der Waals surface area (Å²) < 4.78 is 0. The summed E-state index contributed by atoms with van der Waals surface area (Å²) in [5, 5.41) is 7.01. The Morgan fingerprint density at radius 2 is 2.20 bits per heavy atom. The SMILES string of the molecule is CCCC(N)=Nc1cc(CCC)[nH]n1.Cl. The standard InChI is InChI=1S/C10H18N4.ClH/c1-3-5-8-7-10(14-13-8)12-9(11)6-4-2;/h7H,3-6H2,1-2H3,(H3,11,12,13,14);1H. The lowest BCUT2D eigenvalue weighted by atomic mass is 10.2. The monoisotopic (exact) mass is 230 g/mol. The van der Waals surface area contributed by atoms with Crippen LogP contribution in [-0.4, -0.2) is 16.0 Å². The molecule has 0 aliphatic carbocycles. The van der Waals surface area contributed by atoms with E-state index in [1.165, 1.54) is 0 Å². The van der Waals surface area contributed by atoms with Gasteiger partial charge in [0.15, 0.2) is 5.82 Å². The van der Waals surface area contributed by atoms with Crippen LogP contribution in [0, 0.1) is 0 Å². The zero-order valence-electron chi connectivity index (χ0n) is 9.29. The Labute approximate surface area is 96.8 Å². The van der Waals surface area contributed by atoms with Crippen molar-refractivity contribution >= 4 is 24.1 Å². The predicted octanol–water partition coefficient (Wildman–Crippen LogP) is 2.57. The normalized spacial score (nSPS) is 11.2. The number of halogens is 1. The number of nitrogens with one attached hydrogen (secondary N) is 1. The van der Waals surface area contributed by atoms with Gasteiger partial charge in [0, 0.05) is 18.2 Å². The molecule has 0 aliphatic rings. The molecule has 1 aromatic heterocycles. The molecule has 0 radical (unpaired) electrons. The number of hydrogen-bond acceptors (Lipinski definition) is 2. The lowest BCUT2D eigenvalue weighted by molar-refractivity contribution is 0.867. The van der Waals surface area contributed by atoms with Gasteiger partial charge in [-0.3, -0.25) is 5.10 Å². The van der Waals surface area contributed by atoms with E-state index in [9.17, 15) is 0 Å². The summed E-state index contributed by atoms with van der Waals surface area (Å²) in [7, 11) is 0. The molecule has 5 heteroatoms. The van der Waals surface area contributed by atoms with E-state index in [-0.39, 0.29) is 12.4 Å². The maximum atomic E-state index is 5.70. The fourth-order valence-electron chi connectivity index (χ4n) is 1.26. The zero-order chi connectivity index (χ0) is 10.4. The van der Waals surface area contributed by atoms with E-state index >= 15 is 0 Å². The highest BCUT2D eigenvalue weighted by molar-refractivity contribution is 5.85. The summed E-state index contributed by atoms with van der Waals surface area (Å²) >= 11 is 0. The maximum Gasteiger partial charge on any atom is 0.175 e. The van der Waals surface area contributed by atoms with Crippen LogP contribution in [0.3, 0.4) is 0 Å². The van der Waals surface area contributed by atoms with Gasteiger partial charge in [-0.25, -0.2) is 4.99 Å².